The van der Waals surface area contributed by atoms with Crippen LogP contribution < -0.4 is 5.32 Å². The number of hydrogen-bond acceptors (Lipinski definition) is 3. The van der Waals surface area contributed by atoms with Crippen LogP contribution in [0.15, 0.2) is 0 Å². The summed E-state index contributed by atoms with van der Waals surface area (Å²) < 4.78 is 5.22. The van der Waals surface area contributed by atoms with Gasteiger partial charge in [0.15, 0.2) is 0 Å². The largest absolute Gasteiger partial charge is 0.396 e. The van der Waals surface area contributed by atoms with E-state index in [9.17, 15) is 0 Å². The summed E-state index contributed by atoms with van der Waals surface area (Å²) in [4.78, 5) is 0. The predicted molar refractivity (Wildman–Crippen MR) is 59.5 cm³/mol. The lowest BCUT2D eigenvalue weighted by molar-refractivity contribution is 0.144. The summed E-state index contributed by atoms with van der Waals surface area (Å²) in [5, 5.41) is 12.2. The molecule has 0 saturated heterocycles. The van der Waals surface area contributed by atoms with Crippen LogP contribution in [0.3, 0.4) is 0 Å². The molecule has 0 aromatic carbocycles. The van der Waals surface area contributed by atoms with Crippen LogP contribution in [-0.2, 0) is 4.74 Å². The minimum Gasteiger partial charge on any atom is -0.396 e. The van der Waals surface area contributed by atoms with Gasteiger partial charge in [0.2, 0.25) is 0 Å². The summed E-state index contributed by atoms with van der Waals surface area (Å²) >= 11 is 0. The first-order valence-corrected chi connectivity index (χ1v) is 5.70. The first-order chi connectivity index (χ1) is 6.81. The van der Waals surface area contributed by atoms with E-state index in [1.165, 1.54) is 0 Å². The van der Waals surface area contributed by atoms with E-state index in [0.717, 1.165) is 45.6 Å². The van der Waals surface area contributed by atoms with Gasteiger partial charge in [-0.1, -0.05) is 6.92 Å². The van der Waals surface area contributed by atoms with Gasteiger partial charge in [-0.3, -0.25) is 0 Å². The van der Waals surface area contributed by atoms with Crippen molar-refractivity contribution >= 4 is 0 Å². The Labute approximate surface area is 87.8 Å². The van der Waals surface area contributed by atoms with Crippen molar-refractivity contribution in [1.29, 1.82) is 0 Å². The van der Waals surface area contributed by atoms with E-state index in [-0.39, 0.29) is 0 Å². The molecule has 0 saturated carbocycles. The standard InChI is InChI=1S/C11H25NO2/c1-3-14-9-5-8-12-7-4-6-11(2)10-13/h11-13H,3-10H2,1-2H3. The number of nitrogens with one attached hydrogen (secondary N) is 1. The minimum absolute atomic E-state index is 0.310. The zero-order valence-corrected chi connectivity index (χ0v) is 9.59. The zero-order valence-electron chi connectivity index (χ0n) is 9.59. The average Bonchev–Trinajstić information content (AvgIpc) is 2.21. The molecule has 1 atom stereocenters. The second-order valence-corrected chi connectivity index (χ2v) is 3.73. The number of rotatable bonds is 10. The maximum Gasteiger partial charge on any atom is 0.0477 e. The van der Waals surface area contributed by atoms with Gasteiger partial charge in [-0.15, -0.1) is 0 Å². The van der Waals surface area contributed by atoms with E-state index in [2.05, 4.69) is 12.2 Å². The van der Waals surface area contributed by atoms with Gasteiger partial charge in [-0.2, -0.15) is 0 Å². The van der Waals surface area contributed by atoms with Gasteiger partial charge in [0.05, 0.1) is 0 Å². The SMILES string of the molecule is CCOCCCNCCCC(C)CO. The normalized spacial score (nSPS) is 13.1. The third-order valence-electron chi connectivity index (χ3n) is 2.21. The molecule has 0 fully saturated rings. The van der Waals surface area contributed by atoms with E-state index in [0.29, 0.717) is 12.5 Å². The number of hydrogen-bond donors (Lipinski definition) is 2. The van der Waals surface area contributed by atoms with Crippen LogP contribution in [0.5, 0.6) is 0 Å². The second-order valence-electron chi connectivity index (χ2n) is 3.73. The Morgan fingerprint density at radius 1 is 1.29 bits per heavy atom. The molecule has 0 bridgehead atoms. The van der Waals surface area contributed by atoms with Crippen molar-refractivity contribution < 1.29 is 9.84 Å². The van der Waals surface area contributed by atoms with Gasteiger partial charge in [-0.25, -0.2) is 0 Å². The first kappa shape index (κ1) is 13.9. The molecule has 2 N–H and O–H groups in total. The molecular weight excluding hydrogens is 178 g/mol. The maximum absolute atomic E-state index is 8.80. The summed E-state index contributed by atoms with van der Waals surface area (Å²) in [5.74, 6) is 0.445. The van der Waals surface area contributed by atoms with Gasteiger partial charge in [-0.05, 0) is 45.2 Å². The topological polar surface area (TPSA) is 41.5 Å². The van der Waals surface area contributed by atoms with Crippen molar-refractivity contribution in [3.63, 3.8) is 0 Å². The molecule has 0 rings (SSSR count). The Hall–Kier alpha value is -0.120. The smallest absolute Gasteiger partial charge is 0.0477 e. The van der Waals surface area contributed by atoms with Gasteiger partial charge in [0.1, 0.15) is 0 Å². The van der Waals surface area contributed by atoms with Crippen molar-refractivity contribution in [2.24, 2.45) is 5.92 Å². The Morgan fingerprint density at radius 3 is 2.64 bits per heavy atom. The Kier molecular flexibility index (Phi) is 10.9. The lowest BCUT2D eigenvalue weighted by atomic mass is 10.1. The quantitative estimate of drug-likeness (QED) is 0.528. The molecular formula is C11H25NO2. The fourth-order valence-electron chi connectivity index (χ4n) is 1.24. The highest BCUT2D eigenvalue weighted by molar-refractivity contribution is 4.53. The third-order valence-corrected chi connectivity index (χ3v) is 2.21. The molecule has 14 heavy (non-hydrogen) atoms. The van der Waals surface area contributed by atoms with Gasteiger partial charge < -0.3 is 15.2 Å². The average molecular weight is 203 g/mol. The molecule has 3 heteroatoms. The van der Waals surface area contributed by atoms with Crippen LogP contribution in [0.2, 0.25) is 0 Å². The van der Waals surface area contributed by atoms with E-state index >= 15 is 0 Å². The van der Waals surface area contributed by atoms with Crippen LogP contribution in [0.4, 0.5) is 0 Å². The molecule has 0 heterocycles. The number of aliphatic hydroxyl groups is 1. The Balaban J connectivity index is 2.92. The third kappa shape index (κ3) is 9.96. The lowest BCUT2D eigenvalue weighted by Gasteiger charge is -2.08. The van der Waals surface area contributed by atoms with Crippen LogP contribution in [0.25, 0.3) is 0 Å². The maximum atomic E-state index is 8.80. The molecule has 0 radical (unpaired) electrons. The number of aliphatic hydroxyl groups excluding tert-OH is 1. The molecule has 0 aliphatic heterocycles. The van der Waals surface area contributed by atoms with Crippen molar-refractivity contribution in [3.8, 4) is 0 Å². The van der Waals surface area contributed by atoms with Crippen LogP contribution >= 0.6 is 0 Å². The van der Waals surface area contributed by atoms with Crippen molar-refractivity contribution in [2.45, 2.75) is 33.1 Å². The van der Waals surface area contributed by atoms with E-state index in [1.807, 2.05) is 6.92 Å². The van der Waals surface area contributed by atoms with Crippen molar-refractivity contribution in [1.82, 2.24) is 5.32 Å². The molecule has 0 amide bonds. The molecule has 0 aliphatic rings. The molecule has 86 valence electrons. The molecule has 0 aromatic heterocycles. The Bertz CT molecular complexity index is 109. The van der Waals surface area contributed by atoms with Gasteiger partial charge in [0.25, 0.3) is 0 Å². The van der Waals surface area contributed by atoms with E-state index in [4.69, 9.17) is 9.84 Å². The molecule has 0 spiro atoms. The summed E-state index contributed by atoms with van der Waals surface area (Å²) in [5.41, 5.74) is 0. The lowest BCUT2D eigenvalue weighted by Crippen LogP contribution is -2.19. The predicted octanol–water partition coefficient (Wildman–Crippen LogP) is 1.41. The fourth-order valence-corrected chi connectivity index (χ4v) is 1.24. The molecule has 0 aromatic rings. The summed E-state index contributed by atoms with van der Waals surface area (Å²) in [6, 6.07) is 0. The fraction of sp³-hybridized carbons (Fsp3) is 1.00. The minimum atomic E-state index is 0.310. The van der Waals surface area contributed by atoms with E-state index < -0.39 is 0 Å². The highest BCUT2D eigenvalue weighted by atomic mass is 16.5. The second kappa shape index (κ2) is 11.0. The monoisotopic (exact) mass is 203 g/mol. The summed E-state index contributed by atoms with van der Waals surface area (Å²) in [6.07, 6.45) is 3.34. The number of ether oxygens (including phenoxy) is 1. The van der Waals surface area contributed by atoms with Gasteiger partial charge in [0, 0.05) is 19.8 Å². The van der Waals surface area contributed by atoms with Crippen LogP contribution in [-0.4, -0.2) is 38.0 Å². The highest BCUT2D eigenvalue weighted by Gasteiger charge is 1.98. The Morgan fingerprint density at radius 2 is 2.00 bits per heavy atom. The van der Waals surface area contributed by atoms with Gasteiger partial charge >= 0.3 is 0 Å². The first-order valence-electron chi connectivity index (χ1n) is 5.70. The van der Waals surface area contributed by atoms with E-state index in [1.54, 1.807) is 0 Å². The van der Waals surface area contributed by atoms with Crippen LogP contribution in [0.1, 0.15) is 33.1 Å². The highest BCUT2D eigenvalue weighted by Crippen LogP contribution is 2.02. The van der Waals surface area contributed by atoms with Crippen molar-refractivity contribution in [2.75, 3.05) is 32.9 Å². The molecule has 1 unspecified atom stereocenters. The summed E-state index contributed by atoms with van der Waals surface area (Å²) in [7, 11) is 0. The summed E-state index contributed by atoms with van der Waals surface area (Å²) in [6.45, 7) is 8.16. The van der Waals surface area contributed by atoms with Crippen LogP contribution in [0, 0.1) is 5.92 Å². The molecule has 3 nitrogen and oxygen atoms in total. The molecule has 0 aliphatic carbocycles. The zero-order chi connectivity index (χ0) is 10.6. The van der Waals surface area contributed by atoms with Crippen molar-refractivity contribution in [3.05, 3.63) is 0 Å².